The Bertz CT molecular complexity index is 1030. The van der Waals surface area contributed by atoms with Crippen LogP contribution in [-0.4, -0.2) is 37.3 Å². The number of methoxy groups -OCH3 is 2. The monoisotopic (exact) mass is 394 g/mol. The fourth-order valence-electron chi connectivity index (χ4n) is 3.97. The van der Waals surface area contributed by atoms with Gasteiger partial charge in [0, 0.05) is 18.1 Å². The van der Waals surface area contributed by atoms with Crippen LogP contribution in [0.5, 0.6) is 11.5 Å². The van der Waals surface area contributed by atoms with Crippen LogP contribution in [0.25, 0.3) is 0 Å². The predicted octanol–water partition coefficient (Wildman–Crippen LogP) is 3.15. The van der Waals surface area contributed by atoms with E-state index in [-0.39, 0.29) is 24.7 Å². The second-order valence-corrected chi connectivity index (χ2v) is 7.32. The van der Waals surface area contributed by atoms with E-state index in [1.54, 1.807) is 26.4 Å². The van der Waals surface area contributed by atoms with Crippen molar-refractivity contribution in [1.29, 1.82) is 0 Å². The van der Waals surface area contributed by atoms with Crippen LogP contribution in [0.4, 0.5) is 5.69 Å². The third-order valence-corrected chi connectivity index (χ3v) is 5.45. The molecule has 2 amide bonds. The number of hydrogen-bond donors (Lipinski definition) is 0. The molecular weight excluding hydrogens is 372 g/mol. The highest BCUT2D eigenvalue weighted by Crippen LogP contribution is 2.42. The van der Waals surface area contributed by atoms with Crippen molar-refractivity contribution in [2.45, 2.75) is 32.3 Å². The lowest BCUT2D eigenvalue weighted by Crippen LogP contribution is -2.41. The van der Waals surface area contributed by atoms with Crippen LogP contribution in [0.1, 0.15) is 29.5 Å². The molecule has 7 nitrogen and oxygen atoms in total. The van der Waals surface area contributed by atoms with Gasteiger partial charge in [0.25, 0.3) is 5.91 Å². The van der Waals surface area contributed by atoms with E-state index in [0.717, 1.165) is 11.1 Å². The Morgan fingerprint density at radius 2 is 1.76 bits per heavy atom. The zero-order chi connectivity index (χ0) is 20.8. The topological polar surface area (TPSA) is 77.4 Å². The summed E-state index contributed by atoms with van der Waals surface area (Å²) in [6.07, 6.45) is 0.146. The quantitative estimate of drug-likeness (QED) is 0.745. The van der Waals surface area contributed by atoms with Crippen LogP contribution in [0.15, 0.2) is 41.6 Å². The molecule has 0 saturated carbocycles. The van der Waals surface area contributed by atoms with E-state index >= 15 is 0 Å². The number of benzene rings is 2. The number of hydrogen-bond acceptors (Lipinski definition) is 6. The molecule has 0 bridgehead atoms. The first-order valence-corrected chi connectivity index (χ1v) is 9.31. The summed E-state index contributed by atoms with van der Waals surface area (Å²) >= 11 is 0. The third kappa shape index (κ3) is 2.93. The molecule has 29 heavy (non-hydrogen) atoms. The number of amides is 2. The normalized spacial score (nSPS) is 20.8. The van der Waals surface area contributed by atoms with Crippen LogP contribution >= 0.6 is 0 Å². The van der Waals surface area contributed by atoms with Crippen LogP contribution in [0, 0.1) is 13.8 Å². The molecule has 0 aliphatic carbocycles. The number of oxime groups is 1. The van der Waals surface area contributed by atoms with Gasteiger partial charge in [-0.05, 0) is 37.1 Å². The Labute approximate surface area is 168 Å². The number of ether oxygens (including phenoxy) is 2. The van der Waals surface area contributed by atoms with E-state index in [1.807, 2.05) is 38.1 Å². The summed E-state index contributed by atoms with van der Waals surface area (Å²) in [7, 11) is 3.13. The molecule has 4 rings (SSSR count). The van der Waals surface area contributed by atoms with Crippen molar-refractivity contribution < 1.29 is 23.9 Å². The van der Waals surface area contributed by atoms with Gasteiger partial charge < -0.3 is 14.3 Å². The molecule has 2 aliphatic rings. The number of carbonyl (C=O) groups excluding carboxylic acids is 2. The van der Waals surface area contributed by atoms with Gasteiger partial charge in [-0.3, -0.25) is 9.59 Å². The smallest absolute Gasteiger partial charge is 0.281 e. The van der Waals surface area contributed by atoms with Crippen molar-refractivity contribution in [3.8, 4) is 11.5 Å². The number of para-hydroxylation sites is 1. The minimum atomic E-state index is -1.31. The molecule has 0 aromatic heterocycles. The lowest BCUT2D eigenvalue weighted by Gasteiger charge is -2.22. The third-order valence-electron chi connectivity index (χ3n) is 5.45. The largest absolute Gasteiger partial charge is 0.497 e. The van der Waals surface area contributed by atoms with Crippen LogP contribution < -0.4 is 14.4 Å². The lowest BCUT2D eigenvalue weighted by atomic mass is 9.92. The summed E-state index contributed by atoms with van der Waals surface area (Å²) in [6.45, 7) is 3.76. The van der Waals surface area contributed by atoms with E-state index < -0.39 is 5.60 Å². The van der Waals surface area contributed by atoms with Gasteiger partial charge in [0.2, 0.25) is 11.5 Å². The van der Waals surface area contributed by atoms with Gasteiger partial charge in [-0.2, -0.15) is 0 Å². The Balaban J connectivity index is 1.66. The highest BCUT2D eigenvalue weighted by Gasteiger charge is 2.58. The number of aryl methyl sites for hydroxylation is 2. The van der Waals surface area contributed by atoms with Crippen LogP contribution in [0.3, 0.4) is 0 Å². The molecule has 7 heteroatoms. The Kier molecular flexibility index (Phi) is 4.53. The fraction of sp³-hybridized carbons (Fsp3) is 0.318. The van der Waals surface area contributed by atoms with E-state index in [1.165, 1.54) is 4.90 Å². The standard InChI is InChI=1S/C22H22N2O5/c1-13-6-5-7-14(2)20(13)24-19(25)12-22(21(24)26)11-17(23-29-22)16-9-8-15(27-3)10-18(16)28-4/h5-10H,11-12H2,1-4H3. The number of anilines is 1. The number of imide groups is 1. The van der Waals surface area contributed by atoms with Crippen molar-refractivity contribution in [3.63, 3.8) is 0 Å². The van der Waals surface area contributed by atoms with E-state index in [2.05, 4.69) is 5.16 Å². The van der Waals surface area contributed by atoms with Crippen molar-refractivity contribution in [1.82, 2.24) is 0 Å². The zero-order valence-corrected chi connectivity index (χ0v) is 16.8. The van der Waals surface area contributed by atoms with E-state index in [0.29, 0.717) is 28.5 Å². The first-order valence-electron chi connectivity index (χ1n) is 9.31. The van der Waals surface area contributed by atoms with Crippen LogP contribution in [0.2, 0.25) is 0 Å². The maximum atomic E-state index is 13.3. The molecular formula is C22H22N2O5. The van der Waals surface area contributed by atoms with Gasteiger partial charge in [0.05, 0.1) is 32.0 Å². The molecule has 2 aromatic carbocycles. The molecule has 150 valence electrons. The molecule has 2 aromatic rings. The highest BCUT2D eigenvalue weighted by molar-refractivity contribution is 6.26. The van der Waals surface area contributed by atoms with Gasteiger partial charge in [-0.15, -0.1) is 0 Å². The minimum Gasteiger partial charge on any atom is -0.497 e. The summed E-state index contributed by atoms with van der Waals surface area (Å²) in [5.74, 6) is 0.539. The summed E-state index contributed by atoms with van der Waals surface area (Å²) in [5, 5.41) is 4.16. The minimum absolute atomic E-state index is 0.0505. The summed E-state index contributed by atoms with van der Waals surface area (Å²) in [5.41, 5.74) is 2.30. The summed E-state index contributed by atoms with van der Waals surface area (Å²) in [6, 6.07) is 11.0. The highest BCUT2D eigenvalue weighted by atomic mass is 16.7. The molecule has 1 spiro atoms. The second-order valence-electron chi connectivity index (χ2n) is 7.32. The lowest BCUT2D eigenvalue weighted by molar-refractivity contribution is -0.136. The van der Waals surface area contributed by atoms with Crippen LogP contribution in [-0.2, 0) is 14.4 Å². The fourth-order valence-corrected chi connectivity index (χ4v) is 3.97. The van der Waals surface area contributed by atoms with Gasteiger partial charge in [0.1, 0.15) is 11.5 Å². The van der Waals surface area contributed by atoms with Gasteiger partial charge in [-0.25, -0.2) is 4.90 Å². The Morgan fingerprint density at radius 1 is 1.03 bits per heavy atom. The van der Waals surface area contributed by atoms with E-state index in [9.17, 15) is 9.59 Å². The van der Waals surface area contributed by atoms with Gasteiger partial charge in [0.15, 0.2) is 0 Å². The molecule has 2 heterocycles. The van der Waals surface area contributed by atoms with Crippen molar-refractivity contribution in [3.05, 3.63) is 53.1 Å². The second kappa shape index (κ2) is 6.92. The molecule has 1 saturated heterocycles. The van der Waals surface area contributed by atoms with Crippen molar-refractivity contribution in [2.24, 2.45) is 5.16 Å². The summed E-state index contributed by atoms with van der Waals surface area (Å²) < 4.78 is 10.7. The molecule has 1 atom stereocenters. The first-order chi connectivity index (χ1) is 13.9. The number of carbonyl (C=O) groups is 2. The molecule has 0 radical (unpaired) electrons. The predicted molar refractivity (Wildman–Crippen MR) is 108 cm³/mol. The Morgan fingerprint density at radius 3 is 2.41 bits per heavy atom. The Hall–Kier alpha value is -3.35. The summed E-state index contributed by atoms with van der Waals surface area (Å²) in [4.78, 5) is 33.0. The molecule has 1 fully saturated rings. The maximum Gasteiger partial charge on any atom is 0.281 e. The maximum absolute atomic E-state index is 13.3. The zero-order valence-electron chi connectivity index (χ0n) is 16.8. The molecule has 0 N–H and O–H groups in total. The van der Waals surface area contributed by atoms with E-state index in [4.69, 9.17) is 14.3 Å². The van der Waals surface area contributed by atoms with Crippen molar-refractivity contribution in [2.75, 3.05) is 19.1 Å². The average molecular weight is 394 g/mol. The molecule has 2 aliphatic heterocycles. The SMILES string of the molecule is COc1ccc(C2=NOC3(CC(=O)N(c4c(C)cccc4C)C3=O)C2)c(OC)c1. The van der Waals surface area contributed by atoms with Gasteiger partial charge in [-0.1, -0.05) is 23.4 Å². The van der Waals surface area contributed by atoms with Gasteiger partial charge >= 0.3 is 0 Å². The first kappa shape index (κ1) is 19.0. The number of nitrogens with zero attached hydrogens (tertiary/aromatic N) is 2. The van der Waals surface area contributed by atoms with Crippen molar-refractivity contribution >= 4 is 23.2 Å². The number of rotatable bonds is 4. The average Bonchev–Trinajstić information content (AvgIpc) is 3.23. The molecule has 1 unspecified atom stereocenters.